The number of hydrogen-bond acceptors (Lipinski definition) is 5. The van der Waals surface area contributed by atoms with Crippen LogP contribution < -0.4 is 10.6 Å². The first kappa shape index (κ1) is 28.2. The van der Waals surface area contributed by atoms with Crippen molar-refractivity contribution in [2.24, 2.45) is 5.92 Å². The molecule has 10 nitrogen and oxygen atoms in total. The van der Waals surface area contributed by atoms with Crippen LogP contribution in [0.4, 0.5) is 13.2 Å². The number of rotatable bonds is 9. The Morgan fingerprint density at radius 2 is 1.58 bits per heavy atom. The highest BCUT2D eigenvalue weighted by atomic mass is 19.4. The van der Waals surface area contributed by atoms with Crippen molar-refractivity contribution in [2.75, 3.05) is 20.1 Å². The summed E-state index contributed by atoms with van der Waals surface area (Å²) in [6.07, 6.45) is -4.37. The number of carboxylic acids is 1. The average molecular weight is 480 g/mol. The Kier molecular flexibility index (Phi) is 9.25. The topological polar surface area (TPSA) is 136 Å². The number of amides is 4. The average Bonchev–Trinajstić information content (AvgIpc) is 3.19. The van der Waals surface area contributed by atoms with Crippen LogP contribution in [-0.4, -0.2) is 88.4 Å². The summed E-state index contributed by atoms with van der Waals surface area (Å²) in [5.74, 6) is -6.54. The fourth-order valence-electron chi connectivity index (χ4n) is 3.69. The minimum atomic E-state index is -5.20. The Balaban J connectivity index is 3.07. The van der Waals surface area contributed by atoms with Crippen molar-refractivity contribution in [2.45, 2.75) is 70.8 Å². The molecule has 0 aromatic rings. The molecule has 1 rings (SSSR count). The van der Waals surface area contributed by atoms with Crippen molar-refractivity contribution in [1.29, 1.82) is 0 Å². The molecule has 3 N–H and O–H groups in total. The summed E-state index contributed by atoms with van der Waals surface area (Å²) in [6.45, 7) is 6.14. The van der Waals surface area contributed by atoms with Crippen LogP contribution >= 0.6 is 0 Å². The first-order chi connectivity index (χ1) is 15.0. The van der Waals surface area contributed by atoms with E-state index in [2.05, 4.69) is 5.32 Å². The van der Waals surface area contributed by atoms with Crippen LogP contribution in [0.25, 0.3) is 0 Å². The van der Waals surface area contributed by atoms with E-state index in [1.807, 2.05) is 0 Å². The van der Waals surface area contributed by atoms with Gasteiger partial charge in [0.15, 0.2) is 0 Å². The number of carbonyl (C=O) groups excluding carboxylic acids is 4. The molecule has 0 unspecified atom stereocenters. The molecule has 0 radical (unpaired) electrons. The molecule has 1 aliphatic rings. The number of likely N-dealkylation sites (N-methyl/N-ethyl adjacent to an activating group) is 1. The highest BCUT2D eigenvalue weighted by Gasteiger charge is 2.45. The SMILES string of the molecule is CC(C)[C@@H](C(=O)N[C@@H](CC(=O)O)C(=O)N1CCCC1)N(C)C(=O)C(C)(C)NC(=O)C(F)(F)F. The molecule has 0 aliphatic carbocycles. The van der Waals surface area contributed by atoms with E-state index in [9.17, 15) is 42.3 Å². The van der Waals surface area contributed by atoms with Crippen molar-refractivity contribution in [3.8, 4) is 0 Å². The number of alkyl halides is 3. The standard InChI is InChI=1S/C20H31F3N4O6/c1-11(2)14(26(5)18(33)19(3,4)25-17(32)20(21,22)23)15(30)24-12(10-13(28)29)16(31)27-8-6-7-9-27/h11-12,14H,6-10H2,1-5H3,(H,24,30)(H,25,32)(H,28,29)/t12-,14-/m0/s1. The lowest BCUT2D eigenvalue weighted by atomic mass is 9.97. The lowest BCUT2D eigenvalue weighted by molar-refractivity contribution is -0.176. The van der Waals surface area contributed by atoms with E-state index >= 15 is 0 Å². The highest BCUT2D eigenvalue weighted by molar-refractivity contribution is 5.97. The van der Waals surface area contributed by atoms with Crippen LogP contribution in [0.2, 0.25) is 0 Å². The smallest absolute Gasteiger partial charge is 0.471 e. The van der Waals surface area contributed by atoms with Gasteiger partial charge in [-0.05, 0) is 32.6 Å². The third-order valence-corrected chi connectivity index (χ3v) is 5.27. The van der Waals surface area contributed by atoms with Gasteiger partial charge in [-0.1, -0.05) is 13.8 Å². The van der Waals surface area contributed by atoms with Crippen LogP contribution in [0.5, 0.6) is 0 Å². The molecule has 1 heterocycles. The fraction of sp³-hybridized carbons (Fsp3) is 0.750. The Morgan fingerprint density at radius 3 is 2.00 bits per heavy atom. The number of likely N-dealkylation sites (tertiary alicyclic amines) is 1. The number of hydrogen-bond donors (Lipinski definition) is 3. The van der Waals surface area contributed by atoms with Crippen LogP contribution in [0, 0.1) is 5.92 Å². The van der Waals surface area contributed by atoms with Gasteiger partial charge >= 0.3 is 18.1 Å². The first-order valence-corrected chi connectivity index (χ1v) is 10.5. The number of nitrogens with one attached hydrogen (secondary N) is 2. The Morgan fingerprint density at radius 1 is 1.06 bits per heavy atom. The van der Waals surface area contributed by atoms with Gasteiger partial charge in [-0.25, -0.2) is 0 Å². The van der Waals surface area contributed by atoms with Crippen molar-refractivity contribution in [3.05, 3.63) is 0 Å². The predicted octanol–water partition coefficient (Wildman–Crippen LogP) is 0.508. The normalized spacial score (nSPS) is 16.2. The van der Waals surface area contributed by atoms with E-state index in [1.54, 1.807) is 19.2 Å². The van der Waals surface area contributed by atoms with Gasteiger partial charge in [0.2, 0.25) is 17.7 Å². The molecule has 0 bridgehead atoms. The number of aliphatic carboxylic acids is 1. The lowest BCUT2D eigenvalue weighted by Crippen LogP contribution is -2.62. The molecule has 1 saturated heterocycles. The largest absolute Gasteiger partial charge is 0.481 e. The Labute approximate surface area is 189 Å². The molecular weight excluding hydrogens is 449 g/mol. The van der Waals surface area contributed by atoms with Crippen LogP contribution in [0.1, 0.15) is 47.0 Å². The first-order valence-electron chi connectivity index (χ1n) is 10.5. The van der Waals surface area contributed by atoms with Crippen LogP contribution in [-0.2, 0) is 24.0 Å². The van der Waals surface area contributed by atoms with Crippen LogP contribution in [0.3, 0.4) is 0 Å². The third kappa shape index (κ3) is 7.60. The van der Waals surface area contributed by atoms with E-state index < -0.39 is 65.7 Å². The van der Waals surface area contributed by atoms with E-state index in [0.29, 0.717) is 13.1 Å². The predicted molar refractivity (Wildman–Crippen MR) is 110 cm³/mol. The molecule has 1 fully saturated rings. The summed E-state index contributed by atoms with van der Waals surface area (Å²) in [5, 5.41) is 13.2. The van der Waals surface area contributed by atoms with Gasteiger partial charge in [0.25, 0.3) is 0 Å². The van der Waals surface area contributed by atoms with E-state index in [0.717, 1.165) is 31.6 Å². The molecule has 0 saturated carbocycles. The highest BCUT2D eigenvalue weighted by Crippen LogP contribution is 2.20. The van der Waals surface area contributed by atoms with Crippen LogP contribution in [0.15, 0.2) is 0 Å². The number of halogens is 3. The number of carbonyl (C=O) groups is 5. The lowest BCUT2D eigenvalue weighted by Gasteiger charge is -2.37. The zero-order valence-electron chi connectivity index (χ0n) is 19.3. The molecule has 13 heteroatoms. The molecule has 4 amide bonds. The van der Waals surface area contributed by atoms with Gasteiger partial charge < -0.3 is 25.5 Å². The maximum atomic E-state index is 13.0. The second kappa shape index (κ2) is 10.8. The maximum absolute atomic E-state index is 13.0. The summed E-state index contributed by atoms with van der Waals surface area (Å²) >= 11 is 0. The monoisotopic (exact) mass is 480 g/mol. The molecule has 188 valence electrons. The Hall–Kier alpha value is -2.86. The molecule has 2 atom stereocenters. The zero-order chi connectivity index (χ0) is 25.7. The minimum absolute atomic E-state index is 0.434. The van der Waals surface area contributed by atoms with Gasteiger partial charge in [-0.2, -0.15) is 13.2 Å². The van der Waals surface area contributed by atoms with Gasteiger partial charge in [-0.3, -0.25) is 24.0 Å². The van der Waals surface area contributed by atoms with E-state index in [1.165, 1.54) is 11.9 Å². The molecule has 33 heavy (non-hydrogen) atoms. The van der Waals surface area contributed by atoms with Gasteiger partial charge in [0, 0.05) is 20.1 Å². The van der Waals surface area contributed by atoms with Crippen molar-refractivity contribution >= 4 is 29.6 Å². The summed E-state index contributed by atoms with van der Waals surface area (Å²) < 4.78 is 37.9. The second-order valence-electron chi connectivity index (χ2n) is 8.87. The van der Waals surface area contributed by atoms with Gasteiger partial charge in [0.05, 0.1) is 6.42 Å². The molecule has 0 spiro atoms. The fourth-order valence-corrected chi connectivity index (χ4v) is 3.69. The summed E-state index contributed by atoms with van der Waals surface area (Å²) in [4.78, 5) is 63.5. The number of nitrogens with zero attached hydrogens (tertiary/aromatic N) is 2. The maximum Gasteiger partial charge on any atom is 0.471 e. The molecular formula is C20H31F3N4O6. The van der Waals surface area contributed by atoms with Crippen molar-refractivity contribution in [1.82, 2.24) is 20.4 Å². The molecule has 0 aromatic carbocycles. The Bertz CT molecular complexity index is 778. The number of carboxylic acid groups (broad SMARTS) is 1. The van der Waals surface area contributed by atoms with Gasteiger partial charge in [-0.15, -0.1) is 0 Å². The van der Waals surface area contributed by atoms with Crippen molar-refractivity contribution < 1.29 is 42.3 Å². The van der Waals surface area contributed by atoms with E-state index in [4.69, 9.17) is 0 Å². The van der Waals surface area contributed by atoms with E-state index in [-0.39, 0.29) is 0 Å². The minimum Gasteiger partial charge on any atom is -0.481 e. The summed E-state index contributed by atoms with van der Waals surface area (Å²) in [6, 6.07) is -2.61. The molecule has 1 aliphatic heterocycles. The third-order valence-electron chi connectivity index (χ3n) is 5.27. The zero-order valence-corrected chi connectivity index (χ0v) is 19.3. The summed E-state index contributed by atoms with van der Waals surface area (Å²) in [7, 11) is 1.18. The molecule has 0 aromatic heterocycles. The quantitative estimate of drug-likeness (QED) is 0.440. The van der Waals surface area contributed by atoms with Crippen molar-refractivity contribution in [3.63, 3.8) is 0 Å². The summed E-state index contributed by atoms with van der Waals surface area (Å²) in [5.41, 5.74) is -2.00. The van der Waals surface area contributed by atoms with Gasteiger partial charge in [0.1, 0.15) is 17.6 Å². The second-order valence-corrected chi connectivity index (χ2v) is 8.87.